The number of benzene rings is 2. The highest BCUT2D eigenvalue weighted by molar-refractivity contribution is 5.93. The lowest BCUT2D eigenvalue weighted by Gasteiger charge is -2.45. The second-order valence-corrected chi connectivity index (χ2v) is 9.28. The predicted octanol–water partition coefficient (Wildman–Crippen LogP) is 3.00. The SMILES string of the molecule is CCCCn1nnnc1C(c1ccc(OC)cc1)N1CCC2(CC1)C(=O)NCN2c1ccccc1. The Morgan fingerprint density at radius 1 is 1.09 bits per heavy atom. The van der Waals surface area contributed by atoms with Crippen molar-refractivity contribution in [2.75, 3.05) is 31.8 Å². The lowest BCUT2D eigenvalue weighted by atomic mass is 9.84. The van der Waals surface area contributed by atoms with Crippen molar-refractivity contribution in [3.8, 4) is 5.75 Å². The highest BCUT2D eigenvalue weighted by Crippen LogP contribution is 2.39. The number of piperidine rings is 1. The first-order chi connectivity index (χ1) is 17.2. The second kappa shape index (κ2) is 10.0. The van der Waals surface area contributed by atoms with Gasteiger partial charge in [0.05, 0.1) is 19.8 Å². The zero-order valence-electron chi connectivity index (χ0n) is 20.4. The number of aryl methyl sites for hydroxylation is 1. The number of nitrogens with one attached hydrogen (secondary N) is 1. The minimum Gasteiger partial charge on any atom is -0.497 e. The number of carbonyl (C=O) groups excluding carboxylic acids is 1. The van der Waals surface area contributed by atoms with Gasteiger partial charge in [-0.25, -0.2) is 4.68 Å². The van der Waals surface area contributed by atoms with E-state index in [0.29, 0.717) is 6.67 Å². The van der Waals surface area contributed by atoms with Gasteiger partial charge in [0.1, 0.15) is 11.3 Å². The molecule has 3 aromatic rings. The van der Waals surface area contributed by atoms with Crippen LogP contribution in [0.25, 0.3) is 0 Å². The molecule has 2 aromatic carbocycles. The van der Waals surface area contributed by atoms with E-state index in [1.807, 2.05) is 35.0 Å². The fourth-order valence-electron chi connectivity index (χ4n) is 5.37. The quantitative estimate of drug-likeness (QED) is 0.536. The Morgan fingerprint density at radius 3 is 2.51 bits per heavy atom. The maximum absolute atomic E-state index is 13.1. The Balaban J connectivity index is 1.44. The average Bonchev–Trinajstić information content (AvgIpc) is 3.49. The van der Waals surface area contributed by atoms with Gasteiger partial charge in [0, 0.05) is 25.3 Å². The van der Waals surface area contributed by atoms with Crippen LogP contribution < -0.4 is 15.0 Å². The van der Waals surface area contributed by atoms with Gasteiger partial charge < -0.3 is 15.0 Å². The minimum atomic E-state index is -0.531. The smallest absolute Gasteiger partial charge is 0.247 e. The lowest BCUT2D eigenvalue weighted by Crippen LogP contribution is -2.57. The molecule has 1 atom stereocenters. The monoisotopic (exact) mass is 475 g/mol. The van der Waals surface area contributed by atoms with Crippen LogP contribution in [0.15, 0.2) is 54.6 Å². The summed E-state index contributed by atoms with van der Waals surface area (Å²) in [6, 6.07) is 18.3. The Labute approximate surface area is 206 Å². The zero-order valence-corrected chi connectivity index (χ0v) is 20.4. The first-order valence-electron chi connectivity index (χ1n) is 12.4. The number of hydrogen-bond acceptors (Lipinski definition) is 7. The van der Waals surface area contributed by atoms with Gasteiger partial charge in [0.2, 0.25) is 5.91 Å². The predicted molar refractivity (Wildman–Crippen MR) is 133 cm³/mol. The van der Waals surface area contributed by atoms with Gasteiger partial charge in [-0.05, 0) is 59.5 Å². The highest BCUT2D eigenvalue weighted by Gasteiger charge is 2.51. The molecule has 1 unspecified atom stereocenters. The van der Waals surface area contributed by atoms with Crippen molar-refractivity contribution in [2.45, 2.75) is 50.7 Å². The molecule has 1 aromatic heterocycles. The Morgan fingerprint density at radius 2 is 1.83 bits per heavy atom. The van der Waals surface area contributed by atoms with Gasteiger partial charge in [0.15, 0.2) is 5.82 Å². The van der Waals surface area contributed by atoms with Gasteiger partial charge in [-0.1, -0.05) is 43.7 Å². The van der Waals surface area contributed by atoms with Crippen molar-refractivity contribution in [3.05, 3.63) is 66.0 Å². The van der Waals surface area contributed by atoms with Crippen molar-refractivity contribution in [2.24, 2.45) is 0 Å². The number of unbranched alkanes of at least 4 members (excludes halogenated alkanes) is 1. The molecule has 3 heterocycles. The van der Waals surface area contributed by atoms with Crippen LogP contribution in [0, 0.1) is 0 Å². The summed E-state index contributed by atoms with van der Waals surface area (Å²) in [5.41, 5.74) is 1.66. The molecule has 2 aliphatic rings. The molecule has 9 heteroatoms. The van der Waals surface area contributed by atoms with E-state index in [4.69, 9.17) is 4.74 Å². The third kappa shape index (κ3) is 4.36. The van der Waals surface area contributed by atoms with Gasteiger partial charge >= 0.3 is 0 Å². The molecule has 0 saturated carbocycles. The number of nitrogens with zero attached hydrogens (tertiary/aromatic N) is 6. The number of amides is 1. The zero-order chi connectivity index (χ0) is 24.3. The molecule has 0 bridgehead atoms. The number of carbonyl (C=O) groups is 1. The topological polar surface area (TPSA) is 88.4 Å². The molecule has 1 amide bonds. The van der Waals surface area contributed by atoms with Crippen molar-refractivity contribution in [3.63, 3.8) is 0 Å². The summed E-state index contributed by atoms with van der Waals surface area (Å²) in [4.78, 5) is 17.8. The lowest BCUT2D eigenvalue weighted by molar-refractivity contribution is -0.125. The van der Waals surface area contributed by atoms with Gasteiger partial charge in [-0.15, -0.1) is 5.10 Å². The van der Waals surface area contributed by atoms with E-state index >= 15 is 0 Å². The third-order valence-corrected chi connectivity index (χ3v) is 7.35. The summed E-state index contributed by atoms with van der Waals surface area (Å²) in [6.45, 7) is 5.01. The van der Waals surface area contributed by atoms with E-state index in [2.05, 4.69) is 61.8 Å². The van der Waals surface area contributed by atoms with E-state index in [-0.39, 0.29) is 11.9 Å². The molecule has 184 valence electrons. The summed E-state index contributed by atoms with van der Waals surface area (Å²) < 4.78 is 7.31. The van der Waals surface area contributed by atoms with Gasteiger partial charge in [-0.2, -0.15) is 0 Å². The second-order valence-electron chi connectivity index (χ2n) is 9.28. The van der Waals surface area contributed by atoms with Crippen LogP contribution in [0.4, 0.5) is 5.69 Å². The van der Waals surface area contributed by atoms with Crippen molar-refractivity contribution in [1.82, 2.24) is 30.4 Å². The van der Waals surface area contributed by atoms with E-state index in [1.54, 1.807) is 7.11 Å². The van der Waals surface area contributed by atoms with Crippen molar-refractivity contribution in [1.29, 1.82) is 0 Å². The molecular weight excluding hydrogens is 442 g/mol. The maximum Gasteiger partial charge on any atom is 0.247 e. The Bertz CT molecular complexity index is 1120. The van der Waals surface area contributed by atoms with E-state index in [9.17, 15) is 4.79 Å². The standard InChI is InChI=1S/C26H33N7O2/c1-3-4-16-33-24(28-29-30-33)23(20-10-12-22(35-2)13-11-20)31-17-14-26(15-18-31)25(34)27-19-32(26)21-8-6-5-7-9-21/h5-13,23H,3-4,14-19H2,1-2H3,(H,27,34). The summed E-state index contributed by atoms with van der Waals surface area (Å²) in [7, 11) is 1.67. The first kappa shape index (κ1) is 23.3. The van der Waals surface area contributed by atoms with Gasteiger partial charge in [-0.3, -0.25) is 9.69 Å². The van der Waals surface area contributed by atoms with Crippen LogP contribution in [0.3, 0.4) is 0 Å². The number of rotatable bonds is 8. The minimum absolute atomic E-state index is 0.0975. The number of para-hydroxylation sites is 1. The Hall–Kier alpha value is -3.46. The largest absolute Gasteiger partial charge is 0.497 e. The summed E-state index contributed by atoms with van der Waals surface area (Å²) >= 11 is 0. The highest BCUT2D eigenvalue weighted by atomic mass is 16.5. The van der Waals surface area contributed by atoms with E-state index in [1.165, 1.54) is 0 Å². The van der Waals surface area contributed by atoms with Gasteiger partial charge in [0.25, 0.3) is 0 Å². The summed E-state index contributed by atoms with van der Waals surface area (Å²) in [6.07, 6.45) is 3.56. The summed E-state index contributed by atoms with van der Waals surface area (Å²) in [5.74, 6) is 1.78. The summed E-state index contributed by atoms with van der Waals surface area (Å²) in [5, 5.41) is 15.9. The Kier molecular flexibility index (Phi) is 6.68. The molecule has 2 saturated heterocycles. The van der Waals surface area contributed by atoms with Crippen molar-refractivity contribution >= 4 is 11.6 Å². The number of tetrazole rings is 1. The van der Waals surface area contributed by atoms with Crippen LogP contribution in [-0.4, -0.2) is 63.4 Å². The number of methoxy groups -OCH3 is 1. The molecule has 2 aliphatic heterocycles. The molecule has 2 fully saturated rings. The number of aromatic nitrogens is 4. The average molecular weight is 476 g/mol. The van der Waals surface area contributed by atoms with Crippen LogP contribution in [0.2, 0.25) is 0 Å². The number of ether oxygens (including phenoxy) is 1. The van der Waals surface area contributed by atoms with Crippen molar-refractivity contribution < 1.29 is 9.53 Å². The normalized spacial score (nSPS) is 18.6. The van der Waals surface area contributed by atoms with Crippen LogP contribution in [-0.2, 0) is 11.3 Å². The molecule has 9 nitrogen and oxygen atoms in total. The molecule has 5 rings (SSSR count). The van der Waals surface area contributed by atoms with E-state index in [0.717, 1.165) is 68.1 Å². The van der Waals surface area contributed by atoms with Crippen LogP contribution in [0.5, 0.6) is 5.75 Å². The molecule has 35 heavy (non-hydrogen) atoms. The van der Waals surface area contributed by atoms with Crippen LogP contribution in [0.1, 0.15) is 50.0 Å². The number of hydrogen-bond donors (Lipinski definition) is 1. The maximum atomic E-state index is 13.1. The first-order valence-corrected chi connectivity index (χ1v) is 12.4. The third-order valence-electron chi connectivity index (χ3n) is 7.35. The number of anilines is 1. The number of likely N-dealkylation sites (tertiary alicyclic amines) is 1. The fraction of sp³-hybridized carbons (Fsp3) is 0.462. The van der Waals surface area contributed by atoms with E-state index < -0.39 is 5.54 Å². The van der Waals surface area contributed by atoms with Crippen LogP contribution >= 0.6 is 0 Å². The molecular formula is C26H33N7O2. The fourth-order valence-corrected chi connectivity index (χ4v) is 5.37. The molecule has 1 N–H and O–H groups in total. The molecule has 0 aliphatic carbocycles. The molecule has 0 radical (unpaired) electrons. The molecule has 1 spiro atoms.